The Hall–Kier alpha value is -1.24. The second kappa shape index (κ2) is 6.58. The second-order valence-corrected chi connectivity index (χ2v) is 8.81. The van der Waals surface area contributed by atoms with Gasteiger partial charge in [-0.2, -0.15) is 0 Å². The van der Waals surface area contributed by atoms with Gasteiger partial charge in [-0.3, -0.25) is 0 Å². The number of hydrogen-bond acceptors (Lipinski definition) is 6. The Morgan fingerprint density at radius 3 is 2.83 bits per heavy atom. The molecule has 0 saturated heterocycles. The van der Waals surface area contributed by atoms with Gasteiger partial charge in [0, 0.05) is 21.7 Å². The third-order valence-electron chi connectivity index (χ3n) is 3.84. The van der Waals surface area contributed by atoms with Crippen LogP contribution in [0.25, 0.3) is 5.57 Å². The van der Waals surface area contributed by atoms with E-state index in [0.29, 0.717) is 11.5 Å². The number of rotatable bonds is 2. The standard InChI is InChI=1S/C18H19NO2S3/c1-5-21-16(20)13-9-23-17(24-13)14-11-7-6-10(2)8-12(11)19-18(3,4)15(14)22/h6-9,19H,5H2,1-4H3/b17-14-. The third kappa shape index (κ3) is 3.15. The number of anilines is 1. The van der Waals surface area contributed by atoms with Crippen LogP contribution in [0, 0.1) is 6.92 Å². The molecule has 1 aromatic rings. The molecule has 0 fully saturated rings. The molecule has 1 aromatic carbocycles. The predicted octanol–water partition coefficient (Wildman–Crippen LogP) is 5.12. The summed E-state index contributed by atoms with van der Waals surface area (Å²) < 4.78 is 6.15. The third-order valence-corrected chi connectivity index (χ3v) is 6.91. The number of thiocarbonyl (C=S) groups is 1. The fraction of sp³-hybridized carbons (Fsp3) is 0.333. The maximum Gasteiger partial charge on any atom is 0.345 e. The summed E-state index contributed by atoms with van der Waals surface area (Å²) in [6.07, 6.45) is 0. The van der Waals surface area contributed by atoms with Crippen LogP contribution in [0.4, 0.5) is 5.69 Å². The smallest absolute Gasteiger partial charge is 0.345 e. The summed E-state index contributed by atoms with van der Waals surface area (Å²) in [7, 11) is 0. The van der Waals surface area contributed by atoms with E-state index < -0.39 is 0 Å². The normalized spacial score (nSPS) is 21.8. The molecule has 0 bridgehead atoms. The topological polar surface area (TPSA) is 38.3 Å². The second-order valence-electron chi connectivity index (χ2n) is 6.21. The first kappa shape index (κ1) is 17.6. The molecule has 0 spiro atoms. The van der Waals surface area contributed by atoms with E-state index in [9.17, 15) is 4.79 Å². The number of carbonyl (C=O) groups excluding carboxylic acids is 1. The molecule has 0 aliphatic carbocycles. The van der Waals surface area contributed by atoms with E-state index in [1.165, 1.54) is 17.3 Å². The lowest BCUT2D eigenvalue weighted by Gasteiger charge is -2.37. The zero-order chi connectivity index (χ0) is 17.5. The number of fused-ring (bicyclic) bond motifs is 1. The number of thioether (sulfide) groups is 2. The molecule has 6 heteroatoms. The fourth-order valence-electron chi connectivity index (χ4n) is 2.67. The van der Waals surface area contributed by atoms with E-state index in [0.717, 1.165) is 25.9 Å². The van der Waals surface area contributed by atoms with E-state index in [2.05, 4.69) is 44.3 Å². The SMILES string of the molecule is CCOC(=O)C1=CS/C(=C2/C(=S)C(C)(C)Nc3cc(C)ccc32)S1. The molecule has 0 unspecified atom stereocenters. The molecule has 0 aromatic heterocycles. The van der Waals surface area contributed by atoms with E-state index in [1.54, 1.807) is 11.8 Å². The molecule has 0 saturated carbocycles. The first-order chi connectivity index (χ1) is 11.3. The van der Waals surface area contributed by atoms with Crippen molar-refractivity contribution in [3.05, 3.63) is 43.9 Å². The van der Waals surface area contributed by atoms with Gasteiger partial charge < -0.3 is 10.1 Å². The van der Waals surface area contributed by atoms with Crippen LogP contribution in [0.1, 0.15) is 31.9 Å². The van der Waals surface area contributed by atoms with Crippen molar-refractivity contribution in [2.24, 2.45) is 0 Å². The lowest BCUT2D eigenvalue weighted by Crippen LogP contribution is -2.43. The van der Waals surface area contributed by atoms with Gasteiger partial charge in [-0.25, -0.2) is 4.79 Å². The molecule has 0 radical (unpaired) electrons. The Morgan fingerprint density at radius 1 is 1.38 bits per heavy atom. The zero-order valence-corrected chi connectivity index (χ0v) is 16.5. The highest BCUT2D eigenvalue weighted by atomic mass is 32.2. The Bertz CT molecular complexity index is 793. The first-order valence-electron chi connectivity index (χ1n) is 7.73. The molecule has 2 aliphatic heterocycles. The number of aryl methyl sites for hydroxylation is 1. The lowest BCUT2D eigenvalue weighted by molar-refractivity contribution is -0.137. The molecule has 24 heavy (non-hydrogen) atoms. The minimum Gasteiger partial charge on any atom is -0.462 e. The van der Waals surface area contributed by atoms with Crippen molar-refractivity contribution in [2.75, 3.05) is 11.9 Å². The van der Waals surface area contributed by atoms with Crippen LogP contribution in [0.5, 0.6) is 0 Å². The lowest BCUT2D eigenvalue weighted by atomic mass is 9.85. The summed E-state index contributed by atoms with van der Waals surface area (Å²) in [4.78, 5) is 13.5. The minimum atomic E-state index is -0.313. The Morgan fingerprint density at radius 2 is 2.12 bits per heavy atom. The van der Waals surface area contributed by atoms with E-state index in [1.807, 2.05) is 12.3 Å². The van der Waals surface area contributed by atoms with Crippen molar-refractivity contribution in [3.8, 4) is 0 Å². The van der Waals surface area contributed by atoms with Crippen LogP contribution in [0.15, 0.2) is 32.7 Å². The summed E-state index contributed by atoms with van der Waals surface area (Å²) >= 11 is 8.78. The summed E-state index contributed by atoms with van der Waals surface area (Å²) in [5.41, 5.74) is 4.12. The van der Waals surface area contributed by atoms with Gasteiger partial charge in [0.05, 0.1) is 16.4 Å². The Labute approximate surface area is 156 Å². The number of nitrogens with one attached hydrogen (secondary N) is 1. The molecule has 1 N–H and O–H groups in total. The van der Waals surface area contributed by atoms with Gasteiger partial charge >= 0.3 is 5.97 Å². The van der Waals surface area contributed by atoms with Gasteiger partial charge in [0.25, 0.3) is 0 Å². The summed E-state index contributed by atoms with van der Waals surface area (Å²) in [5, 5.41) is 5.39. The maximum absolute atomic E-state index is 12.0. The molecule has 2 heterocycles. The number of carbonyl (C=O) groups is 1. The highest BCUT2D eigenvalue weighted by Gasteiger charge is 2.36. The van der Waals surface area contributed by atoms with Gasteiger partial charge in [0.1, 0.15) is 4.91 Å². The van der Waals surface area contributed by atoms with Crippen LogP contribution in [-0.2, 0) is 9.53 Å². The van der Waals surface area contributed by atoms with Crippen LogP contribution < -0.4 is 5.32 Å². The van der Waals surface area contributed by atoms with Crippen molar-refractivity contribution in [3.63, 3.8) is 0 Å². The van der Waals surface area contributed by atoms with Gasteiger partial charge in [0.15, 0.2) is 0 Å². The van der Waals surface area contributed by atoms with Crippen LogP contribution >= 0.6 is 35.7 Å². The molecular weight excluding hydrogens is 358 g/mol. The highest BCUT2D eigenvalue weighted by Crippen LogP contribution is 2.51. The van der Waals surface area contributed by atoms with E-state index in [4.69, 9.17) is 17.0 Å². The molecule has 126 valence electrons. The largest absolute Gasteiger partial charge is 0.462 e. The van der Waals surface area contributed by atoms with Crippen molar-refractivity contribution in [1.82, 2.24) is 0 Å². The van der Waals surface area contributed by atoms with Crippen molar-refractivity contribution < 1.29 is 9.53 Å². The number of benzene rings is 1. The van der Waals surface area contributed by atoms with Gasteiger partial charge in [0.2, 0.25) is 0 Å². The summed E-state index contributed by atoms with van der Waals surface area (Å²) in [5.74, 6) is -0.270. The summed E-state index contributed by atoms with van der Waals surface area (Å²) in [6.45, 7) is 8.45. The van der Waals surface area contributed by atoms with Gasteiger partial charge in [-0.05, 0) is 44.7 Å². The molecule has 0 atom stereocenters. The zero-order valence-electron chi connectivity index (χ0n) is 14.1. The van der Waals surface area contributed by atoms with Gasteiger partial charge in [-0.15, -0.1) is 0 Å². The summed E-state index contributed by atoms with van der Waals surface area (Å²) in [6, 6.07) is 6.33. The first-order valence-corrected chi connectivity index (χ1v) is 9.84. The number of esters is 1. The molecule has 3 nitrogen and oxygen atoms in total. The average molecular weight is 378 g/mol. The quantitative estimate of drug-likeness (QED) is 0.438. The Balaban J connectivity index is 2.04. The maximum atomic E-state index is 12.0. The molecule has 2 aliphatic rings. The van der Waals surface area contributed by atoms with Gasteiger partial charge in [-0.1, -0.05) is 47.9 Å². The predicted molar refractivity (Wildman–Crippen MR) is 108 cm³/mol. The Kier molecular flexibility index (Phi) is 4.82. The highest BCUT2D eigenvalue weighted by molar-refractivity contribution is 8.28. The number of ether oxygens (including phenoxy) is 1. The van der Waals surface area contributed by atoms with E-state index >= 15 is 0 Å². The van der Waals surface area contributed by atoms with Crippen LogP contribution in [-0.4, -0.2) is 23.0 Å². The molecule has 0 amide bonds. The monoisotopic (exact) mass is 377 g/mol. The molecule has 3 rings (SSSR count). The van der Waals surface area contributed by atoms with Crippen LogP contribution in [0.3, 0.4) is 0 Å². The fourth-order valence-corrected chi connectivity index (χ4v) is 5.30. The average Bonchev–Trinajstić information content (AvgIpc) is 2.98. The van der Waals surface area contributed by atoms with Crippen molar-refractivity contribution >= 4 is 57.8 Å². The molecular formula is C18H19NO2S3. The van der Waals surface area contributed by atoms with Crippen molar-refractivity contribution in [2.45, 2.75) is 33.2 Å². The minimum absolute atomic E-state index is 0.270. The van der Waals surface area contributed by atoms with Crippen LogP contribution in [0.2, 0.25) is 0 Å². The number of hydrogen-bond donors (Lipinski definition) is 1. The van der Waals surface area contributed by atoms with Crippen molar-refractivity contribution in [1.29, 1.82) is 0 Å². The van der Waals surface area contributed by atoms with E-state index in [-0.39, 0.29) is 11.5 Å².